The van der Waals surface area contributed by atoms with Crippen LogP contribution in [0.5, 0.6) is 11.5 Å². The zero-order chi connectivity index (χ0) is 12.6. The van der Waals surface area contributed by atoms with Crippen LogP contribution in [0.1, 0.15) is 5.56 Å². The van der Waals surface area contributed by atoms with E-state index in [1.807, 2.05) is 0 Å². The third-order valence-corrected chi connectivity index (χ3v) is 2.34. The summed E-state index contributed by atoms with van der Waals surface area (Å²) in [4.78, 5) is 10.8. The molecule has 4 nitrogen and oxygen atoms in total. The lowest BCUT2D eigenvalue weighted by Gasteiger charge is -2.11. The van der Waals surface area contributed by atoms with Gasteiger partial charge in [0.1, 0.15) is 11.5 Å². The molecule has 17 heavy (non-hydrogen) atoms. The topological polar surface area (TPSA) is 58.6 Å². The Labute approximate surface area is 94.0 Å². The third kappa shape index (κ3) is 2.13. The average molecular weight is 247 g/mol. The van der Waals surface area contributed by atoms with Gasteiger partial charge in [-0.15, -0.1) is 0 Å². The van der Waals surface area contributed by atoms with Crippen molar-refractivity contribution in [2.24, 2.45) is 0 Å². The summed E-state index contributed by atoms with van der Waals surface area (Å²) in [7, 11) is 0. The quantitative estimate of drug-likeness (QED) is 0.744. The second-order valence-corrected chi connectivity index (χ2v) is 3.49. The molecule has 0 aliphatic carbocycles. The predicted molar refractivity (Wildman–Crippen MR) is 52.0 cm³/mol. The van der Waals surface area contributed by atoms with Crippen molar-refractivity contribution in [1.82, 2.24) is 0 Å². The number of halogens is 3. The highest BCUT2D eigenvalue weighted by Gasteiger charge is 2.39. The van der Waals surface area contributed by atoms with Crippen LogP contribution in [0.15, 0.2) is 12.1 Å². The standard InChI is InChI=1S/C10H8F3NO3/c11-10(12,13)9(16)14-6-1-2-7(15)5-3-4-17-8(5)6/h1-2,15H,3-4H2,(H,14,16). The first-order valence-corrected chi connectivity index (χ1v) is 4.75. The molecule has 1 heterocycles. The molecular weight excluding hydrogens is 239 g/mol. The fourth-order valence-electron chi connectivity index (χ4n) is 1.57. The van der Waals surface area contributed by atoms with Crippen LogP contribution in [0.4, 0.5) is 18.9 Å². The van der Waals surface area contributed by atoms with Crippen molar-refractivity contribution in [3.63, 3.8) is 0 Å². The molecule has 1 aromatic rings. The minimum Gasteiger partial charge on any atom is -0.508 e. The van der Waals surface area contributed by atoms with Gasteiger partial charge in [-0.2, -0.15) is 13.2 Å². The summed E-state index contributed by atoms with van der Waals surface area (Å²) < 4.78 is 41.3. The van der Waals surface area contributed by atoms with Crippen molar-refractivity contribution < 1.29 is 27.8 Å². The Morgan fingerprint density at radius 3 is 2.76 bits per heavy atom. The van der Waals surface area contributed by atoms with E-state index in [-0.39, 0.29) is 23.8 Å². The van der Waals surface area contributed by atoms with E-state index >= 15 is 0 Å². The largest absolute Gasteiger partial charge is 0.508 e. The van der Waals surface area contributed by atoms with Crippen LogP contribution < -0.4 is 10.1 Å². The van der Waals surface area contributed by atoms with E-state index in [0.717, 1.165) is 0 Å². The molecule has 0 atom stereocenters. The van der Waals surface area contributed by atoms with Gasteiger partial charge in [-0.25, -0.2) is 0 Å². The summed E-state index contributed by atoms with van der Waals surface area (Å²) in [5.41, 5.74) is 0.322. The molecule has 1 aliphatic heterocycles. The Hall–Kier alpha value is -1.92. The number of carbonyl (C=O) groups excluding carboxylic acids is 1. The zero-order valence-electron chi connectivity index (χ0n) is 8.47. The Bertz CT molecular complexity index is 471. The number of aromatic hydroxyl groups is 1. The minimum atomic E-state index is -4.95. The predicted octanol–water partition coefficient (Wildman–Crippen LogP) is 1.83. The normalized spacial score (nSPS) is 14.1. The molecule has 92 valence electrons. The maximum absolute atomic E-state index is 12.1. The lowest BCUT2D eigenvalue weighted by atomic mass is 10.1. The van der Waals surface area contributed by atoms with Crippen LogP contribution in [0.2, 0.25) is 0 Å². The van der Waals surface area contributed by atoms with Crippen molar-refractivity contribution in [3.05, 3.63) is 17.7 Å². The van der Waals surface area contributed by atoms with Crippen molar-refractivity contribution in [2.45, 2.75) is 12.6 Å². The Morgan fingerprint density at radius 1 is 1.41 bits per heavy atom. The van der Waals surface area contributed by atoms with Gasteiger partial charge in [-0.1, -0.05) is 0 Å². The van der Waals surface area contributed by atoms with Crippen LogP contribution >= 0.6 is 0 Å². The van der Waals surface area contributed by atoms with E-state index in [1.165, 1.54) is 12.1 Å². The lowest BCUT2D eigenvalue weighted by molar-refractivity contribution is -0.167. The highest BCUT2D eigenvalue weighted by molar-refractivity contribution is 5.96. The summed E-state index contributed by atoms with van der Waals surface area (Å²) in [6.45, 7) is 0.266. The molecule has 0 spiro atoms. The number of amides is 1. The van der Waals surface area contributed by atoms with Crippen LogP contribution in [-0.2, 0) is 11.2 Å². The summed E-state index contributed by atoms with van der Waals surface area (Å²) in [6, 6.07) is 2.39. The number of hydrogen-bond donors (Lipinski definition) is 2. The number of fused-ring (bicyclic) bond motifs is 1. The van der Waals surface area contributed by atoms with Crippen LogP contribution in [-0.4, -0.2) is 23.8 Å². The van der Waals surface area contributed by atoms with Gasteiger partial charge in [0.25, 0.3) is 0 Å². The first kappa shape index (κ1) is 11.6. The summed E-state index contributed by atoms with van der Waals surface area (Å²) in [5.74, 6) is -2.02. The molecule has 1 amide bonds. The second kappa shape index (κ2) is 3.83. The molecule has 1 aliphatic rings. The summed E-state index contributed by atoms with van der Waals surface area (Å²) in [6.07, 6.45) is -4.56. The maximum atomic E-state index is 12.1. The number of phenols is 1. The lowest BCUT2D eigenvalue weighted by Crippen LogP contribution is -2.30. The van der Waals surface area contributed by atoms with Crippen LogP contribution in [0, 0.1) is 0 Å². The Morgan fingerprint density at radius 2 is 2.12 bits per heavy atom. The fraction of sp³-hybridized carbons (Fsp3) is 0.300. The molecule has 0 aromatic heterocycles. The van der Waals surface area contributed by atoms with Crippen molar-refractivity contribution in [3.8, 4) is 11.5 Å². The molecular formula is C10H8F3NO3. The van der Waals surface area contributed by atoms with Gasteiger partial charge < -0.3 is 15.2 Å². The van der Waals surface area contributed by atoms with Crippen molar-refractivity contribution in [1.29, 1.82) is 0 Å². The van der Waals surface area contributed by atoms with Gasteiger partial charge in [0.05, 0.1) is 12.3 Å². The number of ether oxygens (including phenoxy) is 1. The number of anilines is 1. The highest BCUT2D eigenvalue weighted by Crippen LogP contribution is 2.39. The van der Waals surface area contributed by atoms with Gasteiger partial charge in [0.2, 0.25) is 0 Å². The van der Waals surface area contributed by atoms with Crippen molar-refractivity contribution in [2.75, 3.05) is 11.9 Å². The Balaban J connectivity index is 2.30. The second-order valence-electron chi connectivity index (χ2n) is 3.49. The molecule has 0 bridgehead atoms. The van der Waals surface area contributed by atoms with E-state index in [9.17, 15) is 23.1 Å². The van der Waals surface area contributed by atoms with Gasteiger partial charge in [0.15, 0.2) is 0 Å². The summed E-state index contributed by atoms with van der Waals surface area (Å²) >= 11 is 0. The van der Waals surface area contributed by atoms with E-state index in [1.54, 1.807) is 5.32 Å². The highest BCUT2D eigenvalue weighted by atomic mass is 19.4. The summed E-state index contributed by atoms with van der Waals surface area (Å²) in [5, 5.41) is 11.1. The van der Waals surface area contributed by atoms with Gasteiger partial charge in [-0.3, -0.25) is 4.79 Å². The number of benzene rings is 1. The molecule has 0 saturated carbocycles. The SMILES string of the molecule is O=C(Nc1ccc(O)c2c1OCC2)C(F)(F)F. The fourth-order valence-corrected chi connectivity index (χ4v) is 1.57. The number of rotatable bonds is 1. The third-order valence-electron chi connectivity index (χ3n) is 2.34. The van der Waals surface area contributed by atoms with Gasteiger partial charge >= 0.3 is 12.1 Å². The minimum absolute atomic E-state index is 0.0532. The zero-order valence-corrected chi connectivity index (χ0v) is 8.47. The number of alkyl halides is 3. The first-order valence-electron chi connectivity index (χ1n) is 4.75. The van der Waals surface area contributed by atoms with Crippen LogP contribution in [0.25, 0.3) is 0 Å². The molecule has 0 radical (unpaired) electrons. The average Bonchev–Trinajstić information content (AvgIpc) is 2.70. The van der Waals surface area contributed by atoms with Crippen molar-refractivity contribution >= 4 is 11.6 Å². The van der Waals surface area contributed by atoms with E-state index < -0.39 is 12.1 Å². The monoisotopic (exact) mass is 247 g/mol. The number of hydrogen-bond acceptors (Lipinski definition) is 3. The van der Waals surface area contributed by atoms with Crippen LogP contribution in [0.3, 0.4) is 0 Å². The first-order chi connectivity index (χ1) is 7.89. The number of carbonyl (C=O) groups is 1. The molecule has 1 aromatic carbocycles. The van der Waals surface area contributed by atoms with E-state index in [2.05, 4.69) is 0 Å². The molecule has 2 rings (SSSR count). The molecule has 7 heteroatoms. The van der Waals surface area contributed by atoms with E-state index in [4.69, 9.17) is 4.74 Å². The Kier molecular flexibility index (Phi) is 2.60. The smallest absolute Gasteiger partial charge is 0.471 e. The van der Waals surface area contributed by atoms with Gasteiger partial charge in [-0.05, 0) is 12.1 Å². The van der Waals surface area contributed by atoms with Gasteiger partial charge in [0, 0.05) is 12.0 Å². The molecule has 0 saturated heterocycles. The number of phenolic OH excluding ortho intramolecular Hbond substituents is 1. The van der Waals surface area contributed by atoms with E-state index in [0.29, 0.717) is 12.0 Å². The molecule has 0 unspecified atom stereocenters. The maximum Gasteiger partial charge on any atom is 0.471 e. The molecule has 2 N–H and O–H groups in total. The molecule has 0 fully saturated rings. The number of nitrogens with one attached hydrogen (secondary N) is 1.